The zero-order valence-electron chi connectivity index (χ0n) is 21.4. The number of nitrogens with one attached hydrogen (secondary N) is 1. The van der Waals surface area contributed by atoms with Gasteiger partial charge in [0.15, 0.2) is 5.16 Å². The van der Waals surface area contributed by atoms with Crippen LogP contribution in [0.25, 0.3) is 36.7 Å². The van der Waals surface area contributed by atoms with E-state index in [9.17, 15) is 9.59 Å². The fourth-order valence-electron chi connectivity index (χ4n) is 5.08. The third-order valence-electron chi connectivity index (χ3n) is 6.99. The highest BCUT2D eigenvalue weighted by molar-refractivity contribution is 7.99. The smallest absolute Gasteiger partial charge is 0.267 e. The first-order chi connectivity index (χ1) is 19.6. The van der Waals surface area contributed by atoms with Gasteiger partial charge in [0.1, 0.15) is 9.84 Å². The molecule has 3 aromatic heterocycles. The molecule has 6 aromatic rings. The fourth-order valence-corrected chi connectivity index (χ4v) is 8.30. The van der Waals surface area contributed by atoms with Gasteiger partial charge in [0.2, 0.25) is 5.91 Å². The fraction of sp³-hybridized carbons (Fsp3) is 0.161. The normalized spacial score (nSPS) is 12.7. The molecule has 0 atom stereocenters. The molecular formula is C31H24N4O2S3. The quantitative estimate of drug-likeness (QED) is 0.158. The summed E-state index contributed by atoms with van der Waals surface area (Å²) in [6.07, 6.45) is 3.35. The average Bonchev–Trinajstić information content (AvgIpc) is 3.69. The lowest BCUT2D eigenvalue weighted by Gasteiger charge is -2.12. The Morgan fingerprint density at radius 3 is 2.55 bits per heavy atom. The Morgan fingerprint density at radius 1 is 0.925 bits per heavy atom. The lowest BCUT2D eigenvalue weighted by Crippen LogP contribution is -2.22. The van der Waals surface area contributed by atoms with Gasteiger partial charge in [0, 0.05) is 28.3 Å². The maximum atomic E-state index is 13.7. The number of anilines is 1. The number of hydrogen-bond acceptors (Lipinski definition) is 7. The molecule has 0 saturated heterocycles. The van der Waals surface area contributed by atoms with E-state index in [0.29, 0.717) is 17.3 Å². The van der Waals surface area contributed by atoms with Crippen LogP contribution >= 0.6 is 34.4 Å². The van der Waals surface area contributed by atoms with Crippen molar-refractivity contribution in [3.8, 4) is 16.3 Å². The van der Waals surface area contributed by atoms with Gasteiger partial charge in [0.05, 0.1) is 21.3 Å². The third-order valence-corrected chi connectivity index (χ3v) is 10.2. The average molecular weight is 581 g/mol. The monoisotopic (exact) mass is 580 g/mol. The summed E-state index contributed by atoms with van der Waals surface area (Å²) in [5.41, 5.74) is 4.71. The first-order valence-corrected chi connectivity index (χ1v) is 15.8. The van der Waals surface area contributed by atoms with Gasteiger partial charge >= 0.3 is 0 Å². The van der Waals surface area contributed by atoms with Gasteiger partial charge in [0.25, 0.3) is 5.56 Å². The SMILES string of the molecule is O=C(CCSc1nc2sc3c(c2c(=O)n1-c1ccccc1)CCC3)Nc1ccc(-c2nc3ccccc3s2)cc1. The van der Waals surface area contributed by atoms with E-state index in [1.165, 1.54) is 22.2 Å². The number of fused-ring (bicyclic) bond motifs is 4. The highest BCUT2D eigenvalue weighted by Gasteiger charge is 2.24. The van der Waals surface area contributed by atoms with Crippen molar-refractivity contribution in [1.82, 2.24) is 14.5 Å². The van der Waals surface area contributed by atoms with E-state index < -0.39 is 0 Å². The maximum absolute atomic E-state index is 13.7. The number of aromatic nitrogens is 3. The van der Waals surface area contributed by atoms with Gasteiger partial charge in [-0.3, -0.25) is 14.2 Å². The second kappa shape index (κ2) is 10.6. The molecular weight excluding hydrogens is 557 g/mol. The Bertz CT molecular complexity index is 1890. The van der Waals surface area contributed by atoms with Crippen LogP contribution in [0, 0.1) is 0 Å². The number of thiophene rings is 1. The van der Waals surface area contributed by atoms with Crippen molar-refractivity contribution in [1.29, 1.82) is 0 Å². The van der Waals surface area contributed by atoms with Crippen LogP contribution < -0.4 is 10.9 Å². The Kier molecular flexibility index (Phi) is 6.71. The molecule has 1 amide bonds. The highest BCUT2D eigenvalue weighted by atomic mass is 32.2. The second-order valence-electron chi connectivity index (χ2n) is 9.62. The molecule has 198 valence electrons. The number of carbonyl (C=O) groups is 1. The number of benzene rings is 3. The number of hydrogen-bond donors (Lipinski definition) is 1. The molecule has 0 saturated carbocycles. The summed E-state index contributed by atoms with van der Waals surface area (Å²) >= 11 is 4.74. The minimum Gasteiger partial charge on any atom is -0.326 e. The van der Waals surface area contributed by atoms with Gasteiger partial charge < -0.3 is 5.32 Å². The van der Waals surface area contributed by atoms with Gasteiger partial charge in [-0.1, -0.05) is 42.1 Å². The molecule has 0 spiro atoms. The van der Waals surface area contributed by atoms with Crippen molar-refractivity contribution in [3.05, 3.63) is 99.7 Å². The molecule has 0 aliphatic heterocycles. The number of amides is 1. The predicted octanol–water partition coefficient (Wildman–Crippen LogP) is 7.33. The van der Waals surface area contributed by atoms with E-state index in [4.69, 9.17) is 9.97 Å². The van der Waals surface area contributed by atoms with Gasteiger partial charge in [-0.2, -0.15) is 0 Å². The first-order valence-electron chi connectivity index (χ1n) is 13.2. The topological polar surface area (TPSA) is 76.9 Å². The Labute approximate surface area is 242 Å². The van der Waals surface area contributed by atoms with Crippen LogP contribution in [0.3, 0.4) is 0 Å². The minimum absolute atomic E-state index is 0.0178. The first kappa shape index (κ1) is 25.2. The van der Waals surface area contributed by atoms with E-state index in [0.717, 1.165) is 61.6 Å². The molecule has 0 fully saturated rings. The lowest BCUT2D eigenvalue weighted by molar-refractivity contribution is -0.115. The van der Waals surface area contributed by atoms with Crippen molar-refractivity contribution in [2.75, 3.05) is 11.1 Å². The van der Waals surface area contributed by atoms with E-state index in [-0.39, 0.29) is 11.5 Å². The molecule has 40 heavy (non-hydrogen) atoms. The number of thiazole rings is 1. The number of carbonyl (C=O) groups excluding carboxylic acids is 1. The van der Waals surface area contributed by atoms with Gasteiger partial charge in [-0.05, 0) is 73.4 Å². The van der Waals surface area contributed by atoms with E-state index in [1.54, 1.807) is 27.2 Å². The number of rotatable bonds is 7. The summed E-state index contributed by atoms with van der Waals surface area (Å²) in [4.78, 5) is 38.2. The van der Waals surface area contributed by atoms with Crippen LogP contribution in [-0.2, 0) is 17.6 Å². The molecule has 6 nitrogen and oxygen atoms in total. The number of aryl methyl sites for hydroxylation is 2. The number of para-hydroxylation sites is 2. The van der Waals surface area contributed by atoms with Crippen LogP contribution in [0.15, 0.2) is 88.8 Å². The van der Waals surface area contributed by atoms with Gasteiger partial charge in [-0.25, -0.2) is 9.97 Å². The molecule has 9 heteroatoms. The van der Waals surface area contributed by atoms with Crippen LogP contribution in [-0.4, -0.2) is 26.2 Å². The summed E-state index contributed by atoms with van der Waals surface area (Å²) in [6, 6.07) is 25.5. The Hall–Kier alpha value is -3.79. The van der Waals surface area contributed by atoms with Crippen molar-refractivity contribution in [3.63, 3.8) is 0 Å². The Morgan fingerprint density at radius 2 is 1.73 bits per heavy atom. The predicted molar refractivity (Wildman–Crippen MR) is 166 cm³/mol. The zero-order valence-corrected chi connectivity index (χ0v) is 23.9. The molecule has 0 bridgehead atoms. The van der Waals surface area contributed by atoms with Crippen molar-refractivity contribution in [2.24, 2.45) is 0 Å². The molecule has 0 radical (unpaired) electrons. The summed E-state index contributed by atoms with van der Waals surface area (Å²) < 4.78 is 2.86. The van der Waals surface area contributed by atoms with E-state index in [1.807, 2.05) is 72.8 Å². The summed E-state index contributed by atoms with van der Waals surface area (Å²) in [5.74, 6) is 0.427. The van der Waals surface area contributed by atoms with Crippen molar-refractivity contribution >= 4 is 66.5 Å². The molecule has 3 aromatic carbocycles. The zero-order chi connectivity index (χ0) is 27.1. The Balaban J connectivity index is 1.06. The third kappa shape index (κ3) is 4.74. The van der Waals surface area contributed by atoms with E-state index >= 15 is 0 Å². The van der Waals surface area contributed by atoms with Crippen molar-refractivity contribution < 1.29 is 4.79 Å². The minimum atomic E-state index is -0.0787. The van der Waals surface area contributed by atoms with Crippen molar-refractivity contribution in [2.45, 2.75) is 30.8 Å². The van der Waals surface area contributed by atoms with Crippen LogP contribution in [0.2, 0.25) is 0 Å². The van der Waals surface area contributed by atoms with Crippen LogP contribution in [0.5, 0.6) is 0 Å². The molecule has 1 aliphatic carbocycles. The van der Waals surface area contributed by atoms with Gasteiger partial charge in [-0.15, -0.1) is 22.7 Å². The standard InChI is InChI=1S/C31H24N4O2S3/c36-26(32-20-15-13-19(14-16-20)28-33-23-10-4-5-11-25(23)40-28)17-18-38-31-34-29-27(22-9-6-12-24(22)39-29)30(37)35(31)21-7-2-1-3-8-21/h1-5,7-8,10-11,13-16H,6,9,12,17-18H2,(H,32,36). The largest absolute Gasteiger partial charge is 0.326 e. The molecule has 1 aliphatic rings. The summed E-state index contributed by atoms with van der Waals surface area (Å²) in [7, 11) is 0. The molecule has 1 N–H and O–H groups in total. The van der Waals surface area contributed by atoms with Crippen LogP contribution in [0.4, 0.5) is 5.69 Å². The summed E-state index contributed by atoms with van der Waals surface area (Å²) in [5, 5.41) is 5.33. The maximum Gasteiger partial charge on any atom is 0.267 e. The molecule has 7 rings (SSSR count). The second-order valence-corrected chi connectivity index (χ2v) is 12.8. The number of thioether (sulfide) groups is 1. The number of nitrogens with zero attached hydrogens (tertiary/aromatic N) is 3. The highest BCUT2D eigenvalue weighted by Crippen LogP contribution is 2.36. The molecule has 3 heterocycles. The van der Waals surface area contributed by atoms with Crippen LogP contribution in [0.1, 0.15) is 23.3 Å². The molecule has 0 unspecified atom stereocenters. The summed E-state index contributed by atoms with van der Waals surface area (Å²) in [6.45, 7) is 0. The van der Waals surface area contributed by atoms with E-state index in [2.05, 4.69) is 11.4 Å². The lowest BCUT2D eigenvalue weighted by atomic mass is 10.2.